The number of carboxylic acids is 1. The van der Waals surface area contributed by atoms with Gasteiger partial charge in [-0.15, -0.1) is 0 Å². The van der Waals surface area contributed by atoms with E-state index in [2.05, 4.69) is 5.32 Å². The Kier molecular flexibility index (Phi) is 4.07. The maximum atomic E-state index is 12.1. The Balaban J connectivity index is 1.91. The number of carboxylic acid groups (broad SMARTS) is 1. The first-order valence-electron chi connectivity index (χ1n) is 6.35. The monoisotopic (exact) mass is 272 g/mol. The van der Waals surface area contributed by atoms with Crippen LogP contribution in [0, 0.1) is 0 Å². The van der Waals surface area contributed by atoms with Gasteiger partial charge in [-0.2, -0.15) is 0 Å². The SMILES string of the molecule is COC1CC(C(=O)O)N(C(=O)COC2(C)CNC2)C1. The van der Waals surface area contributed by atoms with Crippen LogP contribution in [-0.4, -0.2) is 73.0 Å². The van der Waals surface area contributed by atoms with Gasteiger partial charge in [0, 0.05) is 33.2 Å². The maximum absolute atomic E-state index is 12.1. The predicted molar refractivity (Wildman–Crippen MR) is 65.8 cm³/mol. The molecule has 2 aliphatic heterocycles. The quantitative estimate of drug-likeness (QED) is 0.672. The molecule has 2 rings (SSSR count). The third-order valence-corrected chi connectivity index (χ3v) is 3.74. The van der Waals surface area contributed by atoms with Crippen LogP contribution in [0.5, 0.6) is 0 Å². The third-order valence-electron chi connectivity index (χ3n) is 3.74. The summed E-state index contributed by atoms with van der Waals surface area (Å²) in [5, 5.41) is 12.2. The molecule has 2 aliphatic rings. The summed E-state index contributed by atoms with van der Waals surface area (Å²) in [6.45, 7) is 3.57. The van der Waals surface area contributed by atoms with Crippen molar-refractivity contribution in [1.29, 1.82) is 0 Å². The molecule has 2 heterocycles. The van der Waals surface area contributed by atoms with Crippen molar-refractivity contribution in [2.45, 2.75) is 31.1 Å². The standard InChI is InChI=1S/C12H20N2O5/c1-12(6-13-7-12)19-5-10(15)14-4-8(18-2)3-9(14)11(16)17/h8-9,13H,3-7H2,1-2H3,(H,16,17). The Labute approximate surface area is 111 Å². The highest BCUT2D eigenvalue weighted by molar-refractivity contribution is 5.85. The largest absolute Gasteiger partial charge is 0.480 e. The lowest BCUT2D eigenvalue weighted by molar-refractivity contribution is -0.154. The lowest BCUT2D eigenvalue weighted by atomic mass is 10.0. The van der Waals surface area contributed by atoms with Crippen LogP contribution < -0.4 is 5.32 Å². The number of hydrogen-bond acceptors (Lipinski definition) is 5. The Morgan fingerprint density at radius 3 is 2.63 bits per heavy atom. The van der Waals surface area contributed by atoms with Crippen molar-refractivity contribution in [3.8, 4) is 0 Å². The average molecular weight is 272 g/mol. The molecule has 2 N–H and O–H groups in total. The minimum atomic E-state index is -0.996. The number of rotatable bonds is 5. The van der Waals surface area contributed by atoms with Gasteiger partial charge in [-0.1, -0.05) is 0 Å². The Morgan fingerprint density at radius 2 is 2.16 bits per heavy atom. The molecule has 0 aromatic carbocycles. The van der Waals surface area contributed by atoms with Gasteiger partial charge in [0.2, 0.25) is 5.91 Å². The molecular weight excluding hydrogens is 252 g/mol. The molecule has 0 aromatic heterocycles. The molecule has 2 fully saturated rings. The topological polar surface area (TPSA) is 88.1 Å². The molecule has 2 saturated heterocycles. The summed E-state index contributed by atoms with van der Waals surface area (Å²) in [4.78, 5) is 24.6. The van der Waals surface area contributed by atoms with Gasteiger partial charge in [-0.25, -0.2) is 4.79 Å². The predicted octanol–water partition coefficient (Wildman–Crippen LogP) is -0.935. The number of amides is 1. The highest BCUT2D eigenvalue weighted by atomic mass is 16.5. The molecule has 108 valence electrons. The number of hydrogen-bond donors (Lipinski definition) is 2. The molecule has 0 aliphatic carbocycles. The molecule has 19 heavy (non-hydrogen) atoms. The van der Waals surface area contributed by atoms with Gasteiger partial charge >= 0.3 is 5.97 Å². The smallest absolute Gasteiger partial charge is 0.326 e. The highest BCUT2D eigenvalue weighted by Crippen LogP contribution is 2.21. The van der Waals surface area contributed by atoms with Gasteiger partial charge < -0.3 is 24.8 Å². The van der Waals surface area contributed by atoms with Gasteiger partial charge in [-0.05, 0) is 6.92 Å². The van der Waals surface area contributed by atoms with Crippen molar-refractivity contribution in [1.82, 2.24) is 10.2 Å². The van der Waals surface area contributed by atoms with Crippen LogP contribution in [0.4, 0.5) is 0 Å². The number of ether oxygens (including phenoxy) is 2. The first kappa shape index (κ1) is 14.2. The first-order chi connectivity index (χ1) is 8.95. The van der Waals surface area contributed by atoms with Crippen LogP contribution in [-0.2, 0) is 19.1 Å². The minimum Gasteiger partial charge on any atom is -0.480 e. The van der Waals surface area contributed by atoms with Crippen molar-refractivity contribution in [3.05, 3.63) is 0 Å². The van der Waals surface area contributed by atoms with Crippen LogP contribution in [0.25, 0.3) is 0 Å². The summed E-state index contributed by atoms with van der Waals surface area (Å²) in [7, 11) is 1.52. The summed E-state index contributed by atoms with van der Waals surface area (Å²) in [5.41, 5.74) is -0.311. The molecule has 0 saturated carbocycles. The summed E-state index contributed by atoms with van der Waals surface area (Å²) in [6.07, 6.45) is 0.113. The fourth-order valence-corrected chi connectivity index (χ4v) is 2.38. The number of nitrogens with zero attached hydrogens (tertiary/aromatic N) is 1. The van der Waals surface area contributed by atoms with Crippen LogP contribution in [0.1, 0.15) is 13.3 Å². The van der Waals surface area contributed by atoms with E-state index < -0.39 is 12.0 Å². The molecular formula is C12H20N2O5. The van der Waals surface area contributed by atoms with Crippen molar-refractivity contribution >= 4 is 11.9 Å². The summed E-state index contributed by atoms with van der Waals surface area (Å²) in [5.74, 6) is -1.29. The fraction of sp³-hybridized carbons (Fsp3) is 0.833. The fourth-order valence-electron chi connectivity index (χ4n) is 2.38. The molecule has 2 unspecified atom stereocenters. The number of carbonyl (C=O) groups excluding carboxylic acids is 1. The number of nitrogens with one attached hydrogen (secondary N) is 1. The molecule has 7 heteroatoms. The van der Waals surface area contributed by atoms with Gasteiger partial charge in [0.15, 0.2) is 0 Å². The molecule has 0 spiro atoms. The van der Waals surface area contributed by atoms with Gasteiger partial charge in [0.25, 0.3) is 0 Å². The molecule has 0 aromatic rings. The van der Waals surface area contributed by atoms with Crippen molar-refractivity contribution in [2.24, 2.45) is 0 Å². The first-order valence-corrected chi connectivity index (χ1v) is 6.35. The Hall–Kier alpha value is -1.18. The number of aliphatic carboxylic acids is 1. The van der Waals surface area contributed by atoms with Crippen LogP contribution in [0.2, 0.25) is 0 Å². The molecule has 0 radical (unpaired) electrons. The van der Waals surface area contributed by atoms with Crippen molar-refractivity contribution in [2.75, 3.05) is 33.4 Å². The third kappa shape index (κ3) is 3.05. The number of methoxy groups -OCH3 is 1. The van der Waals surface area contributed by atoms with E-state index in [0.29, 0.717) is 26.1 Å². The van der Waals surface area contributed by atoms with E-state index in [1.165, 1.54) is 12.0 Å². The molecule has 0 bridgehead atoms. The normalized spacial score (nSPS) is 29.1. The van der Waals surface area contributed by atoms with E-state index in [1.807, 2.05) is 6.92 Å². The van der Waals surface area contributed by atoms with Crippen molar-refractivity contribution < 1.29 is 24.2 Å². The minimum absolute atomic E-state index is 0.0849. The molecule has 1 amide bonds. The summed E-state index contributed by atoms with van der Waals surface area (Å²) < 4.78 is 10.7. The summed E-state index contributed by atoms with van der Waals surface area (Å²) in [6, 6.07) is -0.812. The van der Waals surface area contributed by atoms with Gasteiger partial charge in [-0.3, -0.25) is 4.79 Å². The lowest BCUT2D eigenvalue weighted by Gasteiger charge is -2.39. The van der Waals surface area contributed by atoms with E-state index in [9.17, 15) is 9.59 Å². The highest BCUT2D eigenvalue weighted by Gasteiger charge is 2.41. The Bertz CT molecular complexity index is 369. The number of likely N-dealkylation sites (tertiary alicyclic amines) is 1. The second kappa shape index (κ2) is 5.44. The van der Waals surface area contributed by atoms with E-state index in [0.717, 1.165) is 0 Å². The second-order valence-electron chi connectivity index (χ2n) is 5.34. The van der Waals surface area contributed by atoms with E-state index in [4.69, 9.17) is 14.6 Å². The van der Waals surface area contributed by atoms with E-state index in [-0.39, 0.29) is 24.2 Å². The lowest BCUT2D eigenvalue weighted by Crippen LogP contribution is -2.60. The molecule has 2 atom stereocenters. The summed E-state index contributed by atoms with van der Waals surface area (Å²) >= 11 is 0. The van der Waals surface area contributed by atoms with Crippen LogP contribution in [0.15, 0.2) is 0 Å². The second-order valence-corrected chi connectivity index (χ2v) is 5.34. The zero-order valence-electron chi connectivity index (χ0n) is 11.2. The van der Waals surface area contributed by atoms with E-state index in [1.54, 1.807) is 0 Å². The average Bonchev–Trinajstić information content (AvgIpc) is 2.78. The Morgan fingerprint density at radius 1 is 1.47 bits per heavy atom. The molecule has 7 nitrogen and oxygen atoms in total. The van der Waals surface area contributed by atoms with Gasteiger partial charge in [0.05, 0.1) is 11.7 Å². The van der Waals surface area contributed by atoms with E-state index >= 15 is 0 Å². The number of carbonyl (C=O) groups is 2. The maximum Gasteiger partial charge on any atom is 0.326 e. The zero-order valence-corrected chi connectivity index (χ0v) is 11.2. The zero-order chi connectivity index (χ0) is 14.0. The van der Waals surface area contributed by atoms with Gasteiger partial charge in [0.1, 0.15) is 12.6 Å². The van der Waals surface area contributed by atoms with Crippen LogP contribution >= 0.6 is 0 Å². The van der Waals surface area contributed by atoms with Crippen molar-refractivity contribution in [3.63, 3.8) is 0 Å². The van der Waals surface area contributed by atoms with Crippen LogP contribution in [0.3, 0.4) is 0 Å².